The zero-order valence-electron chi connectivity index (χ0n) is 21.0. The van der Waals surface area contributed by atoms with Gasteiger partial charge in [-0.1, -0.05) is 91.9 Å². The van der Waals surface area contributed by atoms with Gasteiger partial charge in [-0.25, -0.2) is 0 Å². The molecule has 0 aliphatic carbocycles. The first-order valence-electron chi connectivity index (χ1n) is 12.7. The lowest BCUT2D eigenvalue weighted by atomic mass is 9.88. The fourth-order valence-electron chi connectivity index (χ4n) is 5.06. The van der Waals surface area contributed by atoms with Crippen molar-refractivity contribution >= 4 is 29.8 Å². The van der Waals surface area contributed by atoms with Gasteiger partial charge in [-0.15, -0.1) is 0 Å². The third kappa shape index (κ3) is 4.75. The molecule has 0 N–H and O–H groups in total. The fourth-order valence-corrected chi connectivity index (χ4v) is 5.06. The van der Waals surface area contributed by atoms with Crippen molar-refractivity contribution in [1.29, 1.82) is 0 Å². The van der Waals surface area contributed by atoms with E-state index in [9.17, 15) is 19.2 Å². The molecule has 0 radical (unpaired) electrons. The topological polar surface area (TPSA) is 84.0 Å². The lowest BCUT2D eigenvalue weighted by molar-refractivity contribution is -0.160. The Hall–Kier alpha value is -4.52. The van der Waals surface area contributed by atoms with Crippen molar-refractivity contribution in [2.45, 2.75) is 44.5 Å². The van der Waals surface area contributed by atoms with E-state index in [0.717, 1.165) is 16.0 Å². The SMILES string of the molecule is CC[C@@H](CC(=O)OCc1ccccc1)N1C(=O)[C@@H](N2C(=O)c3ccccc3C2=O)[C@H]1C=Cc1ccccc1. The highest BCUT2D eigenvalue weighted by Crippen LogP contribution is 2.36. The first-order valence-corrected chi connectivity index (χ1v) is 12.7. The Bertz CT molecular complexity index is 1350. The molecule has 0 unspecified atom stereocenters. The van der Waals surface area contributed by atoms with E-state index in [4.69, 9.17) is 4.74 Å². The molecule has 2 heterocycles. The summed E-state index contributed by atoms with van der Waals surface area (Å²) in [4.78, 5) is 55.3. The molecule has 0 saturated carbocycles. The molecule has 2 aliphatic heterocycles. The third-order valence-electron chi connectivity index (χ3n) is 7.05. The Kier molecular flexibility index (Phi) is 7.18. The van der Waals surface area contributed by atoms with Gasteiger partial charge in [0.2, 0.25) is 5.91 Å². The van der Waals surface area contributed by atoms with Crippen molar-refractivity contribution in [2.75, 3.05) is 0 Å². The number of amides is 3. The van der Waals surface area contributed by atoms with Gasteiger partial charge in [-0.2, -0.15) is 0 Å². The van der Waals surface area contributed by atoms with Crippen LogP contribution in [0.1, 0.15) is 51.6 Å². The summed E-state index contributed by atoms with van der Waals surface area (Å²) in [6.07, 6.45) is 4.23. The standard InChI is InChI=1S/C31H28N2O5/c1-2-23(19-27(34)38-20-22-13-7-4-8-14-22)32-26(18-17-21-11-5-3-6-12-21)28(31(32)37)33-29(35)24-15-9-10-16-25(24)30(33)36/h3-18,23,26,28H,2,19-20H2,1H3/t23-,26+,28-/m0/s1. The van der Waals surface area contributed by atoms with Crippen LogP contribution in [0.4, 0.5) is 0 Å². The average Bonchev–Trinajstić information content (AvgIpc) is 3.20. The molecule has 7 nitrogen and oxygen atoms in total. The predicted molar refractivity (Wildman–Crippen MR) is 142 cm³/mol. The van der Waals surface area contributed by atoms with Gasteiger partial charge in [0.15, 0.2) is 0 Å². The van der Waals surface area contributed by atoms with E-state index in [1.165, 1.54) is 0 Å². The number of imide groups is 1. The molecule has 38 heavy (non-hydrogen) atoms. The second kappa shape index (κ2) is 10.8. The van der Waals surface area contributed by atoms with Crippen LogP contribution in [0.3, 0.4) is 0 Å². The molecule has 2 aliphatic rings. The Balaban J connectivity index is 1.37. The van der Waals surface area contributed by atoms with Crippen LogP contribution < -0.4 is 0 Å². The number of hydrogen-bond acceptors (Lipinski definition) is 5. The van der Waals surface area contributed by atoms with Crippen LogP contribution in [0.2, 0.25) is 0 Å². The molecule has 1 fully saturated rings. The van der Waals surface area contributed by atoms with E-state index in [-0.39, 0.29) is 18.9 Å². The second-order valence-corrected chi connectivity index (χ2v) is 9.39. The Labute approximate surface area is 221 Å². The lowest BCUT2D eigenvalue weighted by Crippen LogP contribution is -2.73. The molecule has 3 amide bonds. The number of rotatable bonds is 9. The lowest BCUT2D eigenvalue weighted by Gasteiger charge is -2.51. The minimum absolute atomic E-state index is 0.0135. The molecule has 5 rings (SSSR count). The van der Waals surface area contributed by atoms with E-state index in [1.807, 2.05) is 79.7 Å². The van der Waals surface area contributed by atoms with Crippen molar-refractivity contribution in [3.8, 4) is 0 Å². The van der Waals surface area contributed by atoms with Crippen LogP contribution in [-0.2, 0) is 20.9 Å². The molecule has 192 valence electrons. The van der Waals surface area contributed by atoms with Crippen LogP contribution in [0, 0.1) is 0 Å². The molecule has 0 bridgehead atoms. The highest BCUT2D eigenvalue weighted by Gasteiger charge is 2.56. The summed E-state index contributed by atoms with van der Waals surface area (Å²) in [6, 6.07) is 23.6. The summed E-state index contributed by atoms with van der Waals surface area (Å²) in [5.41, 5.74) is 2.39. The predicted octanol–water partition coefficient (Wildman–Crippen LogP) is 4.49. The van der Waals surface area contributed by atoms with E-state index >= 15 is 0 Å². The van der Waals surface area contributed by atoms with Gasteiger partial charge in [0.1, 0.15) is 12.6 Å². The Morgan fingerprint density at radius 3 is 2.05 bits per heavy atom. The Morgan fingerprint density at radius 1 is 0.868 bits per heavy atom. The normalized spacial score (nSPS) is 19.4. The minimum Gasteiger partial charge on any atom is -0.461 e. The number of fused-ring (bicyclic) bond motifs is 1. The zero-order valence-corrected chi connectivity index (χ0v) is 21.0. The van der Waals surface area contributed by atoms with E-state index in [1.54, 1.807) is 29.2 Å². The Morgan fingerprint density at radius 2 is 1.45 bits per heavy atom. The number of likely N-dealkylation sites (tertiary alicyclic amines) is 1. The molecule has 7 heteroatoms. The maximum Gasteiger partial charge on any atom is 0.308 e. The number of benzene rings is 3. The molecular formula is C31H28N2O5. The minimum atomic E-state index is -0.975. The van der Waals surface area contributed by atoms with Crippen molar-refractivity contribution in [1.82, 2.24) is 9.80 Å². The molecule has 3 aromatic carbocycles. The van der Waals surface area contributed by atoms with Gasteiger partial charge in [0.25, 0.3) is 11.8 Å². The summed E-state index contributed by atoms with van der Waals surface area (Å²) in [5.74, 6) is -1.72. The maximum absolute atomic E-state index is 13.6. The number of β-lactam (4-membered cyclic amide) rings is 1. The van der Waals surface area contributed by atoms with Crippen LogP contribution in [-0.4, -0.2) is 51.6 Å². The van der Waals surface area contributed by atoms with Crippen molar-refractivity contribution in [3.05, 3.63) is 113 Å². The van der Waals surface area contributed by atoms with Crippen molar-refractivity contribution in [2.24, 2.45) is 0 Å². The monoisotopic (exact) mass is 508 g/mol. The van der Waals surface area contributed by atoms with Crippen LogP contribution in [0.25, 0.3) is 6.08 Å². The largest absolute Gasteiger partial charge is 0.461 e. The quantitative estimate of drug-likeness (QED) is 0.242. The highest BCUT2D eigenvalue weighted by atomic mass is 16.5. The van der Waals surface area contributed by atoms with Gasteiger partial charge in [0.05, 0.1) is 23.6 Å². The number of carbonyl (C=O) groups excluding carboxylic acids is 4. The molecule has 3 aromatic rings. The van der Waals surface area contributed by atoms with Crippen LogP contribution >= 0.6 is 0 Å². The zero-order chi connectivity index (χ0) is 26.6. The number of nitrogens with zero attached hydrogens (tertiary/aromatic N) is 2. The van der Waals surface area contributed by atoms with E-state index in [0.29, 0.717) is 17.5 Å². The average molecular weight is 509 g/mol. The van der Waals surface area contributed by atoms with Crippen molar-refractivity contribution < 1.29 is 23.9 Å². The van der Waals surface area contributed by atoms with Crippen LogP contribution in [0.5, 0.6) is 0 Å². The van der Waals surface area contributed by atoms with Gasteiger partial charge in [-0.05, 0) is 29.7 Å². The van der Waals surface area contributed by atoms with E-state index in [2.05, 4.69) is 0 Å². The van der Waals surface area contributed by atoms with Crippen molar-refractivity contribution in [3.63, 3.8) is 0 Å². The number of ether oxygens (including phenoxy) is 1. The van der Waals surface area contributed by atoms with E-state index < -0.39 is 35.9 Å². The van der Waals surface area contributed by atoms with Gasteiger partial charge < -0.3 is 9.64 Å². The molecule has 0 aromatic heterocycles. The van der Waals surface area contributed by atoms with Gasteiger partial charge in [0, 0.05) is 6.04 Å². The second-order valence-electron chi connectivity index (χ2n) is 9.39. The number of esters is 1. The highest BCUT2D eigenvalue weighted by molar-refractivity contribution is 6.23. The summed E-state index contributed by atoms with van der Waals surface area (Å²) in [5, 5.41) is 0. The number of hydrogen-bond donors (Lipinski definition) is 0. The fraction of sp³-hybridized carbons (Fsp3) is 0.226. The third-order valence-corrected chi connectivity index (χ3v) is 7.05. The maximum atomic E-state index is 13.6. The smallest absolute Gasteiger partial charge is 0.308 e. The summed E-state index contributed by atoms with van der Waals surface area (Å²) >= 11 is 0. The summed E-state index contributed by atoms with van der Waals surface area (Å²) in [7, 11) is 0. The molecule has 1 saturated heterocycles. The van der Waals surface area contributed by atoms with Crippen LogP contribution in [0.15, 0.2) is 91.0 Å². The first-order chi connectivity index (χ1) is 18.5. The number of carbonyl (C=O) groups is 4. The van der Waals surface area contributed by atoms with Gasteiger partial charge >= 0.3 is 5.97 Å². The first kappa shape index (κ1) is 25.1. The molecule has 3 atom stereocenters. The molecule has 0 spiro atoms. The summed E-state index contributed by atoms with van der Waals surface area (Å²) in [6.45, 7) is 2.05. The molecular weight excluding hydrogens is 480 g/mol. The van der Waals surface area contributed by atoms with Gasteiger partial charge in [-0.3, -0.25) is 24.1 Å². The summed E-state index contributed by atoms with van der Waals surface area (Å²) < 4.78 is 5.47.